The third kappa shape index (κ3) is 2.42. The molecule has 0 aliphatic carbocycles. The van der Waals surface area contributed by atoms with Gasteiger partial charge in [0, 0.05) is 6.07 Å². The summed E-state index contributed by atoms with van der Waals surface area (Å²) in [6.45, 7) is 0. The van der Waals surface area contributed by atoms with Crippen molar-refractivity contribution in [3.8, 4) is 0 Å². The van der Waals surface area contributed by atoms with Gasteiger partial charge in [0.1, 0.15) is 17.2 Å². The minimum absolute atomic E-state index is 0.0938. The molecular weight excluding hydrogens is 221 g/mol. The fourth-order valence-corrected chi connectivity index (χ4v) is 1.04. The number of amides is 1. The maximum Gasteiger partial charge on any atom is 0.421 e. The molecule has 7 heteroatoms. The number of carbonyl (C=O) groups is 1. The second-order valence-electron chi connectivity index (χ2n) is 2.57. The lowest BCUT2D eigenvalue weighted by molar-refractivity contribution is -0.139. The van der Waals surface area contributed by atoms with E-state index < -0.39 is 29.1 Å². The van der Waals surface area contributed by atoms with Gasteiger partial charge in [-0.25, -0.2) is 8.78 Å². The van der Waals surface area contributed by atoms with Crippen molar-refractivity contribution in [2.75, 3.05) is 5.32 Å². The number of carbonyl (C=O) groups excluding carboxylic acids is 1. The van der Waals surface area contributed by atoms with Gasteiger partial charge in [0.2, 0.25) is 6.41 Å². The topological polar surface area (TPSA) is 29.1 Å². The van der Waals surface area contributed by atoms with Crippen LogP contribution in [0.15, 0.2) is 12.1 Å². The van der Waals surface area contributed by atoms with Gasteiger partial charge in [-0.2, -0.15) is 13.2 Å². The number of rotatable bonds is 2. The fourth-order valence-electron chi connectivity index (χ4n) is 1.04. The molecule has 0 spiro atoms. The molecule has 0 saturated carbocycles. The zero-order valence-corrected chi connectivity index (χ0v) is 7.03. The molecule has 0 atom stereocenters. The smallest absolute Gasteiger partial charge is 0.328 e. The molecule has 0 heterocycles. The lowest BCUT2D eigenvalue weighted by Gasteiger charge is -2.12. The van der Waals surface area contributed by atoms with Crippen molar-refractivity contribution in [2.24, 2.45) is 0 Å². The van der Waals surface area contributed by atoms with Gasteiger partial charge >= 0.3 is 6.18 Å². The Morgan fingerprint density at radius 1 is 1.20 bits per heavy atom. The second kappa shape index (κ2) is 3.84. The number of hydrogen-bond donors (Lipinski definition) is 1. The van der Waals surface area contributed by atoms with Crippen molar-refractivity contribution in [3.05, 3.63) is 29.3 Å². The van der Waals surface area contributed by atoms with Crippen LogP contribution in [0, 0.1) is 11.6 Å². The molecule has 0 fully saturated rings. The van der Waals surface area contributed by atoms with Crippen LogP contribution in [0.2, 0.25) is 0 Å². The molecule has 0 bridgehead atoms. The molecule has 82 valence electrons. The lowest BCUT2D eigenvalue weighted by atomic mass is 10.1. The van der Waals surface area contributed by atoms with Crippen LogP contribution in [0.1, 0.15) is 5.56 Å². The second-order valence-corrected chi connectivity index (χ2v) is 2.57. The van der Waals surface area contributed by atoms with Gasteiger partial charge in [-0.3, -0.25) is 4.79 Å². The van der Waals surface area contributed by atoms with E-state index >= 15 is 0 Å². The van der Waals surface area contributed by atoms with Crippen LogP contribution >= 0.6 is 0 Å². The molecular formula is C8H4F5NO. The first-order chi connectivity index (χ1) is 6.86. The SMILES string of the molecule is O=CNc1cc(F)cc(F)c1C(F)(F)F. The van der Waals surface area contributed by atoms with E-state index in [0.717, 1.165) is 0 Å². The first-order valence-corrected chi connectivity index (χ1v) is 3.62. The number of alkyl halides is 3. The Balaban J connectivity index is 3.39. The Morgan fingerprint density at radius 2 is 1.80 bits per heavy atom. The Hall–Kier alpha value is -1.66. The predicted molar refractivity (Wildman–Crippen MR) is 41.0 cm³/mol. The average molecular weight is 225 g/mol. The van der Waals surface area contributed by atoms with E-state index in [0.29, 0.717) is 6.07 Å². The monoisotopic (exact) mass is 225 g/mol. The molecule has 0 aliphatic heterocycles. The van der Waals surface area contributed by atoms with Gasteiger partial charge in [0.05, 0.1) is 5.69 Å². The number of hydrogen-bond acceptors (Lipinski definition) is 1. The van der Waals surface area contributed by atoms with E-state index in [1.165, 1.54) is 0 Å². The highest BCUT2D eigenvalue weighted by molar-refractivity contribution is 5.73. The summed E-state index contributed by atoms with van der Waals surface area (Å²) in [5, 5.41) is 1.58. The summed E-state index contributed by atoms with van der Waals surface area (Å²) in [6.07, 6.45) is -5.09. The number of nitrogens with one attached hydrogen (secondary N) is 1. The average Bonchev–Trinajstić information content (AvgIpc) is 1.99. The van der Waals surface area contributed by atoms with E-state index in [4.69, 9.17) is 0 Å². The minimum Gasteiger partial charge on any atom is -0.328 e. The van der Waals surface area contributed by atoms with E-state index in [9.17, 15) is 26.7 Å². The van der Waals surface area contributed by atoms with Gasteiger partial charge in [-0.1, -0.05) is 0 Å². The summed E-state index contributed by atoms with van der Waals surface area (Å²) >= 11 is 0. The molecule has 1 rings (SSSR count). The van der Waals surface area contributed by atoms with E-state index in [-0.39, 0.29) is 12.5 Å². The number of benzene rings is 1. The molecule has 0 unspecified atom stereocenters. The molecule has 0 saturated heterocycles. The van der Waals surface area contributed by atoms with E-state index in [1.54, 1.807) is 5.32 Å². The first kappa shape index (κ1) is 11.4. The number of anilines is 1. The maximum absolute atomic E-state index is 12.8. The Morgan fingerprint density at radius 3 is 2.27 bits per heavy atom. The van der Waals surface area contributed by atoms with E-state index in [1.807, 2.05) is 0 Å². The van der Waals surface area contributed by atoms with Gasteiger partial charge in [0.15, 0.2) is 0 Å². The minimum atomic E-state index is -5.00. The van der Waals surface area contributed by atoms with Crippen LogP contribution in [0.5, 0.6) is 0 Å². The molecule has 1 N–H and O–H groups in total. The lowest BCUT2D eigenvalue weighted by Crippen LogP contribution is -2.13. The van der Waals surface area contributed by atoms with Crippen LogP contribution in [0.25, 0.3) is 0 Å². The van der Waals surface area contributed by atoms with E-state index in [2.05, 4.69) is 0 Å². The van der Waals surface area contributed by atoms with Crippen molar-refractivity contribution >= 4 is 12.1 Å². The highest BCUT2D eigenvalue weighted by atomic mass is 19.4. The fraction of sp³-hybridized carbons (Fsp3) is 0.125. The quantitative estimate of drug-likeness (QED) is 0.608. The van der Waals surface area contributed by atoms with Crippen molar-refractivity contribution in [3.63, 3.8) is 0 Å². The van der Waals surface area contributed by atoms with Crippen molar-refractivity contribution in [1.29, 1.82) is 0 Å². The van der Waals surface area contributed by atoms with Gasteiger partial charge in [-0.15, -0.1) is 0 Å². The van der Waals surface area contributed by atoms with Crippen molar-refractivity contribution < 1.29 is 26.7 Å². The molecule has 0 radical (unpaired) electrons. The summed E-state index contributed by atoms with van der Waals surface area (Å²) in [6, 6.07) is 0.485. The molecule has 2 nitrogen and oxygen atoms in total. The standard InChI is InChI=1S/C8H4F5NO/c9-4-1-5(10)7(8(11,12)13)6(2-4)14-3-15/h1-3H,(H,14,15). The summed E-state index contributed by atoms with van der Waals surface area (Å²) in [4.78, 5) is 9.95. The van der Waals surface area contributed by atoms with Crippen LogP contribution in [-0.2, 0) is 11.0 Å². The van der Waals surface area contributed by atoms with Crippen LogP contribution in [-0.4, -0.2) is 6.41 Å². The van der Waals surface area contributed by atoms with Crippen LogP contribution < -0.4 is 5.32 Å². The molecule has 1 aromatic rings. The summed E-state index contributed by atoms with van der Waals surface area (Å²) in [7, 11) is 0. The molecule has 15 heavy (non-hydrogen) atoms. The summed E-state index contributed by atoms with van der Waals surface area (Å²) in [5.74, 6) is -2.98. The summed E-state index contributed by atoms with van der Waals surface area (Å²) in [5.41, 5.74) is -2.65. The number of halogens is 5. The van der Waals surface area contributed by atoms with Crippen molar-refractivity contribution in [1.82, 2.24) is 0 Å². The summed E-state index contributed by atoms with van der Waals surface area (Å²) < 4.78 is 62.1. The highest BCUT2D eigenvalue weighted by Crippen LogP contribution is 2.37. The molecule has 0 aliphatic rings. The maximum atomic E-state index is 12.8. The Kier molecular flexibility index (Phi) is 2.92. The Bertz CT molecular complexity index is 387. The van der Waals surface area contributed by atoms with Gasteiger partial charge < -0.3 is 5.32 Å². The zero-order valence-electron chi connectivity index (χ0n) is 7.03. The third-order valence-electron chi connectivity index (χ3n) is 1.55. The van der Waals surface area contributed by atoms with Gasteiger partial charge in [-0.05, 0) is 6.07 Å². The van der Waals surface area contributed by atoms with Crippen molar-refractivity contribution in [2.45, 2.75) is 6.18 Å². The first-order valence-electron chi connectivity index (χ1n) is 3.62. The predicted octanol–water partition coefficient (Wildman–Crippen LogP) is 2.55. The normalized spacial score (nSPS) is 11.3. The van der Waals surface area contributed by atoms with Crippen LogP contribution in [0.4, 0.5) is 27.6 Å². The van der Waals surface area contributed by atoms with Crippen LogP contribution in [0.3, 0.4) is 0 Å². The molecule has 1 amide bonds. The molecule has 0 aromatic heterocycles. The molecule has 1 aromatic carbocycles. The largest absolute Gasteiger partial charge is 0.421 e. The Labute approximate surface area is 80.7 Å². The van der Waals surface area contributed by atoms with Gasteiger partial charge in [0.25, 0.3) is 0 Å². The highest BCUT2D eigenvalue weighted by Gasteiger charge is 2.37. The zero-order chi connectivity index (χ0) is 11.6. The third-order valence-corrected chi connectivity index (χ3v) is 1.55.